The monoisotopic (exact) mass is 437 g/mol. The summed E-state index contributed by atoms with van der Waals surface area (Å²) in [6.45, 7) is 3.27. The Morgan fingerprint density at radius 3 is 2.24 bits per heavy atom. The molecule has 3 rings (SSSR count). The van der Waals surface area contributed by atoms with Crippen molar-refractivity contribution in [1.29, 1.82) is 0 Å². The Morgan fingerprint density at radius 1 is 1.00 bits per heavy atom. The number of fused-ring (bicyclic) bond motifs is 1. The molecule has 0 N–H and O–H groups in total. The first-order valence-electron chi connectivity index (χ1n) is 8.96. The molecule has 0 saturated heterocycles. The van der Waals surface area contributed by atoms with E-state index in [9.17, 15) is 9.59 Å². The first-order chi connectivity index (χ1) is 13.8. The van der Waals surface area contributed by atoms with Gasteiger partial charge in [0.25, 0.3) is 0 Å². The van der Waals surface area contributed by atoms with E-state index in [4.69, 9.17) is 37.4 Å². The van der Waals surface area contributed by atoms with E-state index in [2.05, 4.69) is 0 Å². The third-order valence-corrected chi connectivity index (χ3v) is 5.35. The van der Waals surface area contributed by atoms with Crippen molar-refractivity contribution in [3.63, 3.8) is 0 Å². The first kappa shape index (κ1) is 21.3. The van der Waals surface area contributed by atoms with Crippen molar-refractivity contribution in [2.24, 2.45) is 0 Å². The first-order valence-corrected chi connectivity index (χ1v) is 9.71. The van der Waals surface area contributed by atoms with Crippen LogP contribution in [0, 0.1) is 0 Å². The van der Waals surface area contributed by atoms with Crippen molar-refractivity contribution >= 4 is 35.1 Å². The fraction of sp³-hybridized carbons (Fsp3) is 0.333. The number of amides is 1. The highest BCUT2D eigenvalue weighted by Gasteiger charge is 2.35. The Bertz CT molecular complexity index is 976. The molecule has 0 saturated carbocycles. The van der Waals surface area contributed by atoms with Crippen LogP contribution < -0.4 is 14.2 Å². The second-order valence-electron chi connectivity index (χ2n) is 6.67. The van der Waals surface area contributed by atoms with E-state index in [-0.39, 0.29) is 16.7 Å². The van der Waals surface area contributed by atoms with E-state index in [1.54, 1.807) is 25.2 Å². The standard InChI is InChI=1S/C21H21Cl2NO5/c1-11(25)24-6-5-13-7-18(27-3)19(28-4)10-15(13)20(24)16-8-14(22)9-17(23)21(16)29-12(2)26/h7-10,20H,5-6H2,1-4H3/t20-/m1/s1. The topological polar surface area (TPSA) is 65.1 Å². The van der Waals surface area contributed by atoms with Gasteiger partial charge in [0.15, 0.2) is 17.2 Å². The molecule has 0 unspecified atom stereocenters. The van der Waals surface area contributed by atoms with Crippen molar-refractivity contribution in [2.75, 3.05) is 20.8 Å². The summed E-state index contributed by atoms with van der Waals surface area (Å²) in [5, 5.41) is 0.566. The maximum Gasteiger partial charge on any atom is 0.308 e. The number of hydrogen-bond donors (Lipinski definition) is 0. The van der Waals surface area contributed by atoms with Gasteiger partial charge in [0.1, 0.15) is 0 Å². The maximum atomic E-state index is 12.5. The maximum absolute atomic E-state index is 12.5. The smallest absolute Gasteiger partial charge is 0.308 e. The third kappa shape index (κ3) is 4.14. The summed E-state index contributed by atoms with van der Waals surface area (Å²) in [5.41, 5.74) is 2.35. The van der Waals surface area contributed by atoms with Crippen LogP contribution in [0.25, 0.3) is 0 Å². The van der Waals surface area contributed by atoms with Gasteiger partial charge in [-0.2, -0.15) is 0 Å². The molecule has 8 heteroatoms. The van der Waals surface area contributed by atoms with E-state index in [1.807, 2.05) is 12.1 Å². The zero-order valence-corrected chi connectivity index (χ0v) is 18.1. The number of hydrogen-bond acceptors (Lipinski definition) is 5. The minimum Gasteiger partial charge on any atom is -0.493 e. The van der Waals surface area contributed by atoms with Crippen LogP contribution in [0.1, 0.15) is 36.6 Å². The molecule has 0 aliphatic carbocycles. The molecule has 0 spiro atoms. The average Bonchev–Trinajstić information content (AvgIpc) is 2.67. The molecule has 0 fully saturated rings. The number of carbonyl (C=O) groups excluding carboxylic acids is 2. The molecule has 1 amide bonds. The fourth-order valence-electron chi connectivity index (χ4n) is 3.66. The summed E-state index contributed by atoms with van der Waals surface area (Å²) in [6.07, 6.45) is 0.642. The van der Waals surface area contributed by atoms with Crippen LogP contribution in [0.4, 0.5) is 0 Å². The lowest BCUT2D eigenvalue weighted by Crippen LogP contribution is -2.39. The lowest BCUT2D eigenvalue weighted by atomic mass is 9.87. The summed E-state index contributed by atoms with van der Waals surface area (Å²) in [4.78, 5) is 25.9. The Labute approximate surface area is 179 Å². The highest BCUT2D eigenvalue weighted by molar-refractivity contribution is 6.35. The Hall–Kier alpha value is -2.44. The van der Waals surface area contributed by atoms with E-state index in [0.717, 1.165) is 11.1 Å². The quantitative estimate of drug-likeness (QED) is 0.522. The number of carbonyl (C=O) groups is 2. The number of ether oxygens (including phenoxy) is 3. The third-order valence-electron chi connectivity index (χ3n) is 4.86. The van der Waals surface area contributed by atoms with E-state index in [0.29, 0.717) is 35.1 Å². The van der Waals surface area contributed by atoms with Gasteiger partial charge in [-0.3, -0.25) is 9.59 Å². The van der Waals surface area contributed by atoms with Gasteiger partial charge in [0.05, 0.1) is 25.3 Å². The predicted molar refractivity (Wildman–Crippen MR) is 110 cm³/mol. The van der Waals surface area contributed by atoms with Crippen molar-refractivity contribution in [2.45, 2.75) is 26.3 Å². The largest absolute Gasteiger partial charge is 0.493 e. The van der Waals surface area contributed by atoms with Crippen molar-refractivity contribution in [1.82, 2.24) is 4.90 Å². The van der Waals surface area contributed by atoms with Gasteiger partial charge in [-0.15, -0.1) is 0 Å². The van der Waals surface area contributed by atoms with Gasteiger partial charge in [-0.05, 0) is 41.8 Å². The van der Waals surface area contributed by atoms with Gasteiger partial charge >= 0.3 is 5.97 Å². The number of benzene rings is 2. The molecule has 1 aliphatic heterocycles. The van der Waals surface area contributed by atoms with Crippen LogP contribution in [-0.2, 0) is 16.0 Å². The Kier molecular flexibility index (Phi) is 6.24. The zero-order valence-electron chi connectivity index (χ0n) is 16.5. The van der Waals surface area contributed by atoms with Gasteiger partial charge in [0, 0.05) is 31.0 Å². The molecule has 154 valence electrons. The molecule has 2 aromatic carbocycles. The minimum atomic E-state index is -0.554. The molecule has 0 bridgehead atoms. The molecule has 0 aromatic heterocycles. The Morgan fingerprint density at radius 2 is 1.66 bits per heavy atom. The molecule has 1 heterocycles. The highest BCUT2D eigenvalue weighted by atomic mass is 35.5. The van der Waals surface area contributed by atoms with Crippen molar-refractivity contribution < 1.29 is 23.8 Å². The summed E-state index contributed by atoms with van der Waals surface area (Å²) in [6, 6.07) is 6.34. The SMILES string of the molecule is COc1cc2c(cc1OC)[C@H](c1cc(Cl)cc(Cl)c1OC(C)=O)N(C(C)=O)CC2. The molecule has 0 radical (unpaired) electrons. The number of esters is 1. The Balaban J connectivity index is 2.29. The summed E-state index contributed by atoms with van der Waals surface area (Å²) in [7, 11) is 3.12. The van der Waals surface area contributed by atoms with Crippen LogP contribution in [0.5, 0.6) is 17.2 Å². The highest BCUT2D eigenvalue weighted by Crippen LogP contribution is 2.46. The van der Waals surface area contributed by atoms with Crippen molar-refractivity contribution in [3.8, 4) is 17.2 Å². The van der Waals surface area contributed by atoms with Gasteiger partial charge in [-0.1, -0.05) is 23.2 Å². The molecule has 2 aromatic rings. The number of nitrogens with zero attached hydrogens (tertiary/aromatic N) is 1. The second kappa shape index (κ2) is 8.51. The molecular weight excluding hydrogens is 417 g/mol. The average molecular weight is 438 g/mol. The van der Waals surface area contributed by atoms with Crippen LogP contribution in [0.2, 0.25) is 10.0 Å². The van der Waals surface area contributed by atoms with E-state index < -0.39 is 12.0 Å². The lowest BCUT2D eigenvalue weighted by Gasteiger charge is -2.38. The molecular formula is C21H21Cl2NO5. The van der Waals surface area contributed by atoms with Crippen LogP contribution in [-0.4, -0.2) is 37.5 Å². The van der Waals surface area contributed by atoms with E-state index >= 15 is 0 Å². The number of methoxy groups -OCH3 is 2. The predicted octanol–water partition coefficient (Wildman–Crippen LogP) is 4.43. The summed E-state index contributed by atoms with van der Waals surface area (Å²) < 4.78 is 16.3. The fourth-order valence-corrected chi connectivity index (χ4v) is 4.20. The molecule has 1 atom stereocenters. The molecule has 29 heavy (non-hydrogen) atoms. The molecule has 6 nitrogen and oxygen atoms in total. The van der Waals surface area contributed by atoms with Crippen LogP contribution >= 0.6 is 23.2 Å². The molecule has 1 aliphatic rings. The summed E-state index contributed by atoms with van der Waals surface area (Å²) in [5.74, 6) is 0.672. The normalized spacial score (nSPS) is 15.5. The van der Waals surface area contributed by atoms with Crippen LogP contribution in [0.15, 0.2) is 24.3 Å². The van der Waals surface area contributed by atoms with Gasteiger partial charge in [0.2, 0.25) is 5.91 Å². The minimum absolute atomic E-state index is 0.125. The number of halogens is 2. The zero-order chi connectivity index (χ0) is 21.3. The summed E-state index contributed by atoms with van der Waals surface area (Å²) >= 11 is 12.6. The van der Waals surface area contributed by atoms with Crippen molar-refractivity contribution in [3.05, 3.63) is 51.0 Å². The van der Waals surface area contributed by atoms with Gasteiger partial charge < -0.3 is 19.1 Å². The van der Waals surface area contributed by atoms with E-state index in [1.165, 1.54) is 19.9 Å². The lowest BCUT2D eigenvalue weighted by molar-refractivity contribution is -0.131. The van der Waals surface area contributed by atoms with Gasteiger partial charge in [-0.25, -0.2) is 0 Å². The van der Waals surface area contributed by atoms with Crippen LogP contribution in [0.3, 0.4) is 0 Å². The second-order valence-corrected chi connectivity index (χ2v) is 7.51. The number of rotatable bonds is 4.